The molecule has 0 unspecified atom stereocenters. The number of unbranched alkanes of at least 4 members (excludes halogenated alkanes) is 3. The van der Waals surface area contributed by atoms with Gasteiger partial charge >= 0.3 is 7.82 Å². The number of ether oxygens (including phenoxy) is 1. The molecule has 1 amide bonds. The molecule has 0 aromatic heterocycles. The molecule has 0 saturated carbocycles. The highest BCUT2D eigenvalue weighted by molar-refractivity contribution is 7.46. The monoisotopic (exact) mass is 451 g/mol. The van der Waals surface area contributed by atoms with Gasteiger partial charge in [0.05, 0.1) is 25.9 Å². The summed E-state index contributed by atoms with van der Waals surface area (Å²) in [5, 5.41) is 11.7. The van der Waals surface area contributed by atoms with Crippen LogP contribution in [0.5, 0.6) is 5.75 Å². The number of carbonyl (C=O) groups excluding carboxylic acids is 1. The molecule has 4 N–H and O–H groups in total. The van der Waals surface area contributed by atoms with Gasteiger partial charge in [-0.1, -0.05) is 50.5 Å². The normalized spacial score (nSPS) is 12.4. The van der Waals surface area contributed by atoms with Crippen molar-refractivity contribution in [1.29, 1.82) is 0 Å². The lowest BCUT2D eigenvalue weighted by atomic mass is 10.0. The van der Waals surface area contributed by atoms with Crippen LogP contribution in [0.3, 0.4) is 0 Å². The molecule has 0 saturated heterocycles. The number of hydrogen-bond acceptors (Lipinski definition) is 5. The quantitative estimate of drug-likeness (QED) is 0.271. The van der Waals surface area contributed by atoms with Crippen LogP contribution in [0.15, 0.2) is 48.5 Å². The van der Waals surface area contributed by atoms with Crippen molar-refractivity contribution in [3.8, 4) is 16.9 Å². The zero-order chi connectivity index (χ0) is 22.7. The number of amides is 1. The van der Waals surface area contributed by atoms with E-state index >= 15 is 0 Å². The van der Waals surface area contributed by atoms with Gasteiger partial charge in [-0.05, 0) is 41.8 Å². The molecule has 31 heavy (non-hydrogen) atoms. The zero-order valence-corrected chi connectivity index (χ0v) is 18.5. The molecule has 0 aliphatic carbocycles. The molecule has 2 rings (SSSR count). The second-order valence-corrected chi connectivity index (χ2v) is 8.39. The highest BCUT2D eigenvalue weighted by Gasteiger charge is 2.19. The van der Waals surface area contributed by atoms with E-state index in [1.807, 2.05) is 24.3 Å². The number of aliphatic hydroxyl groups is 1. The first-order valence-electron chi connectivity index (χ1n) is 10.3. The van der Waals surface area contributed by atoms with Crippen LogP contribution in [0.25, 0.3) is 11.1 Å². The molecule has 0 bridgehead atoms. The summed E-state index contributed by atoms with van der Waals surface area (Å²) in [6.07, 6.45) is 4.63. The number of phosphoric ester groups is 1. The number of carbonyl (C=O) groups is 1. The van der Waals surface area contributed by atoms with Gasteiger partial charge in [0, 0.05) is 5.56 Å². The van der Waals surface area contributed by atoms with Crippen LogP contribution in [0, 0.1) is 0 Å². The molecule has 2 aromatic carbocycles. The molecule has 0 spiro atoms. The Morgan fingerprint density at radius 1 is 1.00 bits per heavy atom. The van der Waals surface area contributed by atoms with E-state index in [1.54, 1.807) is 24.3 Å². The van der Waals surface area contributed by atoms with E-state index < -0.39 is 33.0 Å². The molecule has 1 atom stereocenters. The average molecular weight is 451 g/mol. The SMILES string of the molecule is CCCCCCOc1ccc(-c2ccc(C(=O)N[C@H](CO)COP(=O)(O)O)cc2)cc1. The van der Waals surface area contributed by atoms with Crippen LogP contribution in [-0.2, 0) is 9.09 Å². The van der Waals surface area contributed by atoms with Crippen LogP contribution in [0.1, 0.15) is 43.0 Å². The molecule has 2 aromatic rings. The predicted molar refractivity (Wildman–Crippen MR) is 118 cm³/mol. The van der Waals surface area contributed by atoms with Crippen molar-refractivity contribution in [3.63, 3.8) is 0 Å². The van der Waals surface area contributed by atoms with Crippen molar-refractivity contribution < 1.29 is 33.5 Å². The Morgan fingerprint density at radius 3 is 2.16 bits per heavy atom. The second-order valence-electron chi connectivity index (χ2n) is 7.15. The summed E-state index contributed by atoms with van der Waals surface area (Å²) in [7, 11) is -4.68. The van der Waals surface area contributed by atoms with Crippen molar-refractivity contribution in [3.05, 3.63) is 54.1 Å². The van der Waals surface area contributed by atoms with Crippen molar-refractivity contribution >= 4 is 13.7 Å². The van der Waals surface area contributed by atoms with E-state index in [0.717, 1.165) is 23.3 Å². The molecule has 0 heterocycles. The van der Waals surface area contributed by atoms with Gasteiger partial charge in [0.25, 0.3) is 5.91 Å². The van der Waals surface area contributed by atoms with E-state index in [4.69, 9.17) is 14.5 Å². The molecule has 0 fully saturated rings. The van der Waals surface area contributed by atoms with Crippen LogP contribution in [-0.4, -0.2) is 46.7 Å². The Morgan fingerprint density at radius 2 is 1.61 bits per heavy atom. The maximum Gasteiger partial charge on any atom is 0.469 e. The Labute approximate surface area is 182 Å². The van der Waals surface area contributed by atoms with Crippen molar-refractivity contribution in [1.82, 2.24) is 5.32 Å². The number of phosphoric acid groups is 1. The fourth-order valence-electron chi connectivity index (χ4n) is 2.87. The summed E-state index contributed by atoms with van der Waals surface area (Å²) < 4.78 is 20.8. The number of rotatable bonds is 13. The first-order chi connectivity index (χ1) is 14.8. The number of hydrogen-bond donors (Lipinski definition) is 4. The highest BCUT2D eigenvalue weighted by Crippen LogP contribution is 2.35. The van der Waals surface area contributed by atoms with E-state index in [1.165, 1.54) is 19.3 Å². The van der Waals surface area contributed by atoms with Gasteiger partial charge in [0.1, 0.15) is 5.75 Å². The first kappa shape index (κ1) is 25.0. The second kappa shape index (κ2) is 12.6. The Hall–Kier alpha value is -2.22. The van der Waals surface area contributed by atoms with Gasteiger partial charge in [-0.25, -0.2) is 4.57 Å². The summed E-state index contributed by atoms with van der Waals surface area (Å²) in [5.74, 6) is 0.343. The van der Waals surface area contributed by atoms with Gasteiger partial charge in [-0.3, -0.25) is 9.32 Å². The first-order valence-corrected chi connectivity index (χ1v) is 11.8. The van der Waals surface area contributed by atoms with E-state index in [9.17, 15) is 14.5 Å². The third kappa shape index (κ3) is 9.21. The highest BCUT2D eigenvalue weighted by atomic mass is 31.2. The lowest BCUT2D eigenvalue weighted by molar-refractivity contribution is 0.0867. The van der Waals surface area contributed by atoms with Gasteiger partial charge in [-0.15, -0.1) is 0 Å². The Balaban J connectivity index is 1.90. The minimum absolute atomic E-state index is 0.352. The van der Waals surface area contributed by atoms with Gasteiger partial charge < -0.3 is 24.9 Å². The van der Waals surface area contributed by atoms with E-state index in [-0.39, 0.29) is 0 Å². The minimum Gasteiger partial charge on any atom is -0.494 e. The zero-order valence-electron chi connectivity index (χ0n) is 17.6. The standard InChI is InChI=1S/C22H30NO7P/c1-2-3-4-5-14-29-21-12-10-18(11-13-21)17-6-8-19(9-7-17)22(25)23-20(15-24)16-30-31(26,27)28/h6-13,20,24H,2-5,14-16H2,1H3,(H,23,25)(H2,26,27,28)/t20-/m1/s1. The van der Waals surface area contributed by atoms with Gasteiger partial charge in [-0.2, -0.15) is 0 Å². The van der Waals surface area contributed by atoms with Crippen LogP contribution >= 0.6 is 7.82 Å². The van der Waals surface area contributed by atoms with Gasteiger partial charge in [0.2, 0.25) is 0 Å². The molecule has 9 heteroatoms. The van der Waals surface area contributed by atoms with E-state index in [0.29, 0.717) is 12.2 Å². The molecule has 0 aliphatic heterocycles. The summed E-state index contributed by atoms with van der Waals surface area (Å²) in [6, 6.07) is 13.7. The predicted octanol–water partition coefficient (Wildman–Crippen LogP) is 3.51. The third-order valence-electron chi connectivity index (χ3n) is 4.60. The fraction of sp³-hybridized carbons (Fsp3) is 0.409. The number of nitrogens with one attached hydrogen (secondary N) is 1. The smallest absolute Gasteiger partial charge is 0.469 e. The summed E-state index contributed by atoms with van der Waals surface area (Å²) in [5.41, 5.74) is 2.26. The minimum atomic E-state index is -4.68. The molecular formula is C22H30NO7P. The molecular weight excluding hydrogens is 421 g/mol. The molecule has 8 nitrogen and oxygen atoms in total. The topological polar surface area (TPSA) is 125 Å². The van der Waals surface area contributed by atoms with Crippen LogP contribution in [0.2, 0.25) is 0 Å². The number of aliphatic hydroxyl groups excluding tert-OH is 1. The summed E-state index contributed by atoms with van der Waals surface area (Å²) in [4.78, 5) is 29.8. The van der Waals surface area contributed by atoms with Crippen molar-refractivity contribution in [2.24, 2.45) is 0 Å². The third-order valence-corrected chi connectivity index (χ3v) is 5.09. The molecule has 0 aliphatic rings. The average Bonchev–Trinajstić information content (AvgIpc) is 2.76. The van der Waals surface area contributed by atoms with Gasteiger partial charge in [0.15, 0.2) is 0 Å². The lowest BCUT2D eigenvalue weighted by Gasteiger charge is -2.16. The lowest BCUT2D eigenvalue weighted by Crippen LogP contribution is -2.40. The summed E-state index contributed by atoms with van der Waals surface area (Å²) in [6.45, 7) is 1.86. The molecule has 170 valence electrons. The van der Waals surface area contributed by atoms with Crippen molar-refractivity contribution in [2.45, 2.75) is 38.6 Å². The molecule has 0 radical (unpaired) electrons. The largest absolute Gasteiger partial charge is 0.494 e. The maximum absolute atomic E-state index is 12.3. The summed E-state index contributed by atoms with van der Waals surface area (Å²) >= 11 is 0. The maximum atomic E-state index is 12.3. The van der Waals surface area contributed by atoms with Crippen LogP contribution in [0.4, 0.5) is 0 Å². The van der Waals surface area contributed by atoms with Crippen LogP contribution < -0.4 is 10.1 Å². The Kier molecular flexibility index (Phi) is 10.2. The van der Waals surface area contributed by atoms with Crippen molar-refractivity contribution in [2.75, 3.05) is 19.8 Å². The Bertz CT molecular complexity index is 849. The fourth-order valence-corrected chi connectivity index (χ4v) is 3.25. The van der Waals surface area contributed by atoms with E-state index in [2.05, 4.69) is 16.8 Å². The number of benzene rings is 2.